The smallest absolute Gasteiger partial charge is 0.197 e. The Hall–Kier alpha value is -1.07. The fourth-order valence-corrected chi connectivity index (χ4v) is 2.63. The Labute approximate surface area is 125 Å². The molecule has 0 N–H and O–H groups in total. The van der Waals surface area contributed by atoms with E-state index in [0.717, 1.165) is 17.7 Å². The van der Waals surface area contributed by atoms with Crippen LogP contribution in [-0.2, 0) is 0 Å². The van der Waals surface area contributed by atoms with Crippen molar-refractivity contribution in [1.82, 2.24) is 0 Å². The van der Waals surface area contributed by atoms with E-state index in [0.29, 0.717) is 10.0 Å². The highest BCUT2D eigenvalue weighted by atomic mass is 79.9. The molecule has 1 nitrogen and oxygen atoms in total. The normalized spacial score (nSPS) is 10.6. The highest BCUT2D eigenvalue weighted by Gasteiger charge is 2.18. The molecule has 0 unspecified atom stereocenters. The molecule has 0 saturated heterocycles. The number of hydrogen-bond donors (Lipinski definition) is 0. The quantitative estimate of drug-likeness (QED) is 0.520. The van der Waals surface area contributed by atoms with Gasteiger partial charge in [-0.2, -0.15) is 0 Å². The van der Waals surface area contributed by atoms with Gasteiger partial charge in [0.05, 0.1) is 10.0 Å². The summed E-state index contributed by atoms with van der Waals surface area (Å²) in [6.45, 7) is 1.87. The number of benzene rings is 2. The predicted octanol–water partition coefficient (Wildman–Crippen LogP) is 5.03. The van der Waals surface area contributed by atoms with E-state index >= 15 is 0 Å². The van der Waals surface area contributed by atoms with Crippen LogP contribution in [0.3, 0.4) is 0 Å². The summed E-state index contributed by atoms with van der Waals surface area (Å²) in [5, 5.41) is 0. The Morgan fingerprint density at radius 2 is 1.63 bits per heavy atom. The second kappa shape index (κ2) is 5.51. The van der Waals surface area contributed by atoms with Gasteiger partial charge < -0.3 is 0 Å². The molecule has 0 aliphatic heterocycles. The third-order valence-corrected chi connectivity index (χ3v) is 3.89. The first kappa shape index (κ1) is 14.3. The Bertz CT molecular complexity index is 669. The van der Waals surface area contributed by atoms with Gasteiger partial charge in [-0.05, 0) is 52.7 Å². The second-order valence-corrected chi connectivity index (χ2v) is 5.77. The lowest BCUT2D eigenvalue weighted by molar-refractivity contribution is 0.103. The maximum absolute atomic E-state index is 13.7. The summed E-state index contributed by atoms with van der Waals surface area (Å²) in [4.78, 5) is 12.2. The van der Waals surface area contributed by atoms with Crippen LogP contribution in [0.25, 0.3) is 0 Å². The molecule has 0 amide bonds. The Morgan fingerprint density at radius 1 is 0.947 bits per heavy atom. The molecule has 0 heterocycles. The van der Waals surface area contributed by atoms with Crippen molar-refractivity contribution in [2.24, 2.45) is 0 Å². The minimum atomic E-state index is -0.759. The molecule has 0 saturated carbocycles. The van der Waals surface area contributed by atoms with Gasteiger partial charge in [0.1, 0.15) is 11.6 Å². The van der Waals surface area contributed by atoms with Gasteiger partial charge in [0.2, 0.25) is 0 Å². The van der Waals surface area contributed by atoms with Gasteiger partial charge >= 0.3 is 0 Å². The van der Waals surface area contributed by atoms with Crippen molar-refractivity contribution in [1.29, 1.82) is 0 Å². The number of ketones is 1. The third kappa shape index (κ3) is 2.92. The Kier molecular flexibility index (Phi) is 4.16. The Morgan fingerprint density at radius 3 is 2.26 bits per heavy atom. The molecular formula is C14H8Br2F2O. The number of halogens is 4. The SMILES string of the molecule is Cc1ccc(C(=O)c2cc(F)c(Br)cc2F)c(Br)c1. The number of carbonyl (C=O) groups is 1. The van der Waals surface area contributed by atoms with Crippen LogP contribution in [0.1, 0.15) is 21.5 Å². The molecule has 0 radical (unpaired) electrons. The summed E-state index contributed by atoms with van der Waals surface area (Å²) < 4.78 is 27.7. The molecule has 2 aromatic rings. The zero-order valence-corrected chi connectivity index (χ0v) is 13.0. The van der Waals surface area contributed by atoms with Crippen LogP contribution in [0.15, 0.2) is 39.3 Å². The van der Waals surface area contributed by atoms with Crippen molar-refractivity contribution in [3.05, 3.63) is 67.6 Å². The van der Waals surface area contributed by atoms with Crippen LogP contribution in [0, 0.1) is 18.6 Å². The maximum Gasteiger partial charge on any atom is 0.197 e. The summed E-state index contributed by atoms with van der Waals surface area (Å²) in [5.74, 6) is -1.99. The summed E-state index contributed by atoms with van der Waals surface area (Å²) in [6.07, 6.45) is 0. The van der Waals surface area contributed by atoms with Gasteiger partial charge in [0.25, 0.3) is 0 Å². The zero-order chi connectivity index (χ0) is 14.2. The summed E-state index contributed by atoms with van der Waals surface area (Å²) in [6, 6.07) is 6.92. The lowest BCUT2D eigenvalue weighted by Crippen LogP contribution is -2.06. The van der Waals surface area contributed by atoms with Crippen LogP contribution in [0.2, 0.25) is 0 Å². The van der Waals surface area contributed by atoms with Gasteiger partial charge in [-0.3, -0.25) is 4.79 Å². The first-order valence-corrected chi connectivity index (χ1v) is 6.94. The standard InChI is InChI=1S/C14H8Br2F2O/c1-7-2-3-8(10(15)4-7)14(19)9-5-13(18)11(16)6-12(9)17/h2-6H,1H3. The largest absolute Gasteiger partial charge is 0.288 e. The average Bonchev–Trinajstić information content (AvgIpc) is 2.33. The fraction of sp³-hybridized carbons (Fsp3) is 0.0714. The van der Waals surface area contributed by atoms with Crippen molar-refractivity contribution in [3.8, 4) is 0 Å². The molecule has 0 spiro atoms. The van der Waals surface area contributed by atoms with Gasteiger partial charge in [-0.25, -0.2) is 8.78 Å². The molecule has 0 bridgehead atoms. The lowest BCUT2D eigenvalue weighted by atomic mass is 10.0. The van der Waals surface area contributed by atoms with Crippen molar-refractivity contribution < 1.29 is 13.6 Å². The fourth-order valence-electron chi connectivity index (χ4n) is 1.65. The van der Waals surface area contributed by atoms with E-state index in [-0.39, 0.29) is 10.0 Å². The second-order valence-electron chi connectivity index (χ2n) is 4.06. The van der Waals surface area contributed by atoms with Crippen molar-refractivity contribution in [2.75, 3.05) is 0 Å². The molecule has 5 heteroatoms. The first-order valence-electron chi connectivity index (χ1n) is 5.35. The van der Waals surface area contributed by atoms with E-state index in [1.165, 1.54) is 0 Å². The molecular weight excluding hydrogens is 382 g/mol. The van der Waals surface area contributed by atoms with Gasteiger partial charge in [-0.1, -0.05) is 22.0 Å². The monoisotopic (exact) mass is 388 g/mol. The topological polar surface area (TPSA) is 17.1 Å². The minimum absolute atomic E-state index is 0.00970. The van der Waals surface area contributed by atoms with Gasteiger partial charge in [-0.15, -0.1) is 0 Å². The molecule has 0 aliphatic rings. The summed E-state index contributed by atoms with van der Waals surface area (Å²) in [7, 11) is 0. The molecule has 2 rings (SSSR count). The van der Waals surface area contributed by atoms with Crippen molar-refractivity contribution in [2.45, 2.75) is 6.92 Å². The first-order chi connectivity index (χ1) is 8.90. The van der Waals surface area contributed by atoms with E-state index in [1.807, 2.05) is 6.92 Å². The van der Waals surface area contributed by atoms with E-state index < -0.39 is 17.4 Å². The average molecular weight is 390 g/mol. The highest BCUT2D eigenvalue weighted by Crippen LogP contribution is 2.25. The number of hydrogen-bond acceptors (Lipinski definition) is 1. The van der Waals surface area contributed by atoms with E-state index in [1.54, 1.807) is 18.2 Å². The molecule has 0 atom stereocenters. The lowest BCUT2D eigenvalue weighted by Gasteiger charge is -2.07. The van der Waals surface area contributed by atoms with E-state index in [9.17, 15) is 13.6 Å². The van der Waals surface area contributed by atoms with E-state index in [2.05, 4.69) is 31.9 Å². The minimum Gasteiger partial charge on any atom is -0.288 e. The third-order valence-electron chi connectivity index (χ3n) is 2.62. The zero-order valence-electron chi connectivity index (χ0n) is 9.81. The van der Waals surface area contributed by atoms with Crippen molar-refractivity contribution >= 4 is 37.6 Å². The van der Waals surface area contributed by atoms with Crippen LogP contribution in [-0.4, -0.2) is 5.78 Å². The van der Waals surface area contributed by atoms with E-state index in [4.69, 9.17) is 0 Å². The molecule has 0 aromatic heterocycles. The molecule has 98 valence electrons. The molecule has 0 fully saturated rings. The Balaban J connectivity index is 2.53. The number of aryl methyl sites for hydroxylation is 1. The molecule has 0 aliphatic carbocycles. The summed E-state index contributed by atoms with van der Waals surface area (Å²) in [5.41, 5.74) is 0.974. The van der Waals surface area contributed by atoms with Crippen LogP contribution < -0.4 is 0 Å². The summed E-state index contributed by atoms with van der Waals surface area (Å²) >= 11 is 6.13. The van der Waals surface area contributed by atoms with Crippen LogP contribution >= 0.6 is 31.9 Å². The van der Waals surface area contributed by atoms with Crippen LogP contribution in [0.5, 0.6) is 0 Å². The van der Waals surface area contributed by atoms with Gasteiger partial charge in [0.15, 0.2) is 5.78 Å². The van der Waals surface area contributed by atoms with Crippen LogP contribution in [0.4, 0.5) is 8.78 Å². The number of rotatable bonds is 2. The highest BCUT2D eigenvalue weighted by molar-refractivity contribution is 9.10. The maximum atomic E-state index is 13.7. The molecule has 19 heavy (non-hydrogen) atoms. The predicted molar refractivity (Wildman–Crippen MR) is 76.4 cm³/mol. The van der Waals surface area contributed by atoms with Crippen molar-refractivity contribution in [3.63, 3.8) is 0 Å². The van der Waals surface area contributed by atoms with Gasteiger partial charge in [0, 0.05) is 10.0 Å². The number of carbonyl (C=O) groups excluding carboxylic acids is 1. The molecule has 2 aromatic carbocycles.